The predicted molar refractivity (Wildman–Crippen MR) is 121 cm³/mol. The smallest absolute Gasteiger partial charge is 0.0540 e. The molecule has 0 aliphatic rings. The van der Waals surface area contributed by atoms with Crippen molar-refractivity contribution in [1.82, 2.24) is 0 Å². The quantitative estimate of drug-likeness (QED) is 0.195. The molecular weight excluding hydrogens is 352 g/mol. The van der Waals surface area contributed by atoms with Gasteiger partial charge in [-0.15, -0.1) is 0 Å². The van der Waals surface area contributed by atoms with Gasteiger partial charge in [0.15, 0.2) is 0 Å². The van der Waals surface area contributed by atoms with Crippen molar-refractivity contribution in [3.05, 3.63) is 0 Å². The summed E-state index contributed by atoms with van der Waals surface area (Å²) in [6.07, 6.45) is 19.4. The van der Waals surface area contributed by atoms with Crippen molar-refractivity contribution in [3.8, 4) is 0 Å². The predicted octanol–water partition coefficient (Wildman–Crippen LogP) is 5.74. The van der Waals surface area contributed by atoms with E-state index in [1.54, 1.807) is 0 Å². The van der Waals surface area contributed by atoms with Crippen LogP contribution in [0.3, 0.4) is 0 Å². The first-order chi connectivity index (χ1) is 13.6. The summed E-state index contributed by atoms with van der Waals surface area (Å²) in [5, 5.41) is 36.3. The third-order valence-electron chi connectivity index (χ3n) is 5.17. The lowest BCUT2D eigenvalue weighted by Crippen LogP contribution is -2.06. The van der Waals surface area contributed by atoms with E-state index in [2.05, 4.69) is 13.8 Å². The third-order valence-corrected chi connectivity index (χ3v) is 5.17. The molecule has 4 nitrogen and oxygen atoms in total. The Balaban J connectivity index is 0. The fourth-order valence-corrected chi connectivity index (χ4v) is 3.24. The van der Waals surface area contributed by atoms with Gasteiger partial charge in [0.1, 0.15) is 0 Å². The van der Waals surface area contributed by atoms with E-state index in [1.165, 1.54) is 38.5 Å². The molecule has 0 aliphatic heterocycles. The Morgan fingerprint density at radius 2 is 0.714 bits per heavy atom. The van der Waals surface area contributed by atoms with Crippen LogP contribution in [-0.2, 0) is 0 Å². The Morgan fingerprint density at radius 1 is 0.429 bits per heavy atom. The Morgan fingerprint density at radius 3 is 0.964 bits per heavy atom. The zero-order chi connectivity index (χ0) is 21.3. The molecule has 0 saturated heterocycles. The highest BCUT2D eigenvalue weighted by Crippen LogP contribution is 2.12. The maximum Gasteiger partial charge on any atom is 0.0540 e. The first-order valence-electron chi connectivity index (χ1n) is 12.2. The largest absolute Gasteiger partial charge is 0.396 e. The number of aliphatic hydroxyl groups is 4. The number of aliphatic hydroxyl groups excluding tert-OH is 4. The van der Waals surface area contributed by atoms with E-state index < -0.39 is 0 Å². The molecule has 0 aromatic rings. The lowest BCUT2D eigenvalue weighted by molar-refractivity contribution is 0.146. The molecule has 0 aromatic heterocycles. The van der Waals surface area contributed by atoms with Crippen molar-refractivity contribution < 1.29 is 20.4 Å². The number of unbranched alkanes of at least 4 members (excludes halogenated alkanes) is 10. The van der Waals surface area contributed by atoms with Gasteiger partial charge in [-0.3, -0.25) is 0 Å². The summed E-state index contributed by atoms with van der Waals surface area (Å²) in [5.74, 6) is 0. The van der Waals surface area contributed by atoms with Gasteiger partial charge in [0.2, 0.25) is 0 Å². The minimum Gasteiger partial charge on any atom is -0.396 e. The Kier molecular flexibility index (Phi) is 28.8. The third kappa shape index (κ3) is 28.1. The average Bonchev–Trinajstić information content (AvgIpc) is 2.70. The standard InChI is InChI=1S/2C12H26O2/c2*1-2-3-4-6-9-12(14)10-7-5-8-11-13/h2*12-14H,2-11H2,1H3. The molecule has 2 unspecified atom stereocenters. The van der Waals surface area contributed by atoms with E-state index in [1.807, 2.05) is 0 Å². The molecular formula is C24H52O4. The van der Waals surface area contributed by atoms with Crippen LogP contribution in [0.15, 0.2) is 0 Å². The van der Waals surface area contributed by atoms with Gasteiger partial charge in [0.25, 0.3) is 0 Å². The number of rotatable bonds is 20. The van der Waals surface area contributed by atoms with Gasteiger partial charge in [-0.25, -0.2) is 0 Å². The van der Waals surface area contributed by atoms with Crippen LogP contribution in [0.4, 0.5) is 0 Å². The Hall–Kier alpha value is -0.160. The van der Waals surface area contributed by atoms with Crippen molar-refractivity contribution in [2.45, 2.75) is 142 Å². The van der Waals surface area contributed by atoms with Gasteiger partial charge in [-0.2, -0.15) is 0 Å². The second kappa shape index (κ2) is 26.8. The Labute approximate surface area is 175 Å². The second-order valence-electron chi connectivity index (χ2n) is 8.15. The van der Waals surface area contributed by atoms with Crippen LogP contribution in [0, 0.1) is 0 Å². The van der Waals surface area contributed by atoms with Crippen molar-refractivity contribution in [3.63, 3.8) is 0 Å². The van der Waals surface area contributed by atoms with Gasteiger partial charge in [0.05, 0.1) is 12.2 Å². The summed E-state index contributed by atoms with van der Waals surface area (Å²) in [6.45, 7) is 4.97. The molecule has 0 amide bonds. The molecule has 0 aliphatic carbocycles. The van der Waals surface area contributed by atoms with Crippen molar-refractivity contribution >= 4 is 0 Å². The van der Waals surface area contributed by atoms with Gasteiger partial charge in [-0.1, -0.05) is 90.9 Å². The van der Waals surface area contributed by atoms with Crippen LogP contribution in [-0.4, -0.2) is 45.8 Å². The molecule has 0 aromatic carbocycles. The molecule has 0 spiro atoms. The molecule has 4 heteroatoms. The molecule has 28 heavy (non-hydrogen) atoms. The lowest BCUT2D eigenvalue weighted by atomic mass is 10.0. The molecule has 4 N–H and O–H groups in total. The lowest BCUT2D eigenvalue weighted by Gasteiger charge is -2.09. The maximum atomic E-state index is 9.59. The molecule has 0 saturated carbocycles. The van der Waals surface area contributed by atoms with Gasteiger partial charge < -0.3 is 20.4 Å². The van der Waals surface area contributed by atoms with E-state index in [-0.39, 0.29) is 25.4 Å². The van der Waals surface area contributed by atoms with E-state index in [0.29, 0.717) is 0 Å². The summed E-state index contributed by atoms with van der Waals surface area (Å²) in [7, 11) is 0. The second-order valence-corrected chi connectivity index (χ2v) is 8.15. The fraction of sp³-hybridized carbons (Fsp3) is 1.00. The summed E-state index contributed by atoms with van der Waals surface area (Å²) >= 11 is 0. The summed E-state index contributed by atoms with van der Waals surface area (Å²) in [5.41, 5.74) is 0. The summed E-state index contributed by atoms with van der Waals surface area (Å²) in [6, 6.07) is 0. The van der Waals surface area contributed by atoms with Crippen LogP contribution in [0.1, 0.15) is 129 Å². The van der Waals surface area contributed by atoms with Crippen LogP contribution < -0.4 is 0 Å². The average molecular weight is 405 g/mol. The van der Waals surface area contributed by atoms with Crippen LogP contribution >= 0.6 is 0 Å². The van der Waals surface area contributed by atoms with Crippen LogP contribution in [0.2, 0.25) is 0 Å². The Bertz CT molecular complexity index is 211. The molecule has 172 valence electrons. The number of hydrogen-bond acceptors (Lipinski definition) is 4. The zero-order valence-corrected chi connectivity index (χ0v) is 19.1. The monoisotopic (exact) mass is 404 g/mol. The van der Waals surface area contributed by atoms with Crippen molar-refractivity contribution in [1.29, 1.82) is 0 Å². The zero-order valence-electron chi connectivity index (χ0n) is 19.1. The van der Waals surface area contributed by atoms with E-state index in [0.717, 1.165) is 77.0 Å². The molecule has 0 fully saturated rings. The first kappa shape index (κ1) is 30.0. The van der Waals surface area contributed by atoms with Gasteiger partial charge in [0, 0.05) is 13.2 Å². The maximum absolute atomic E-state index is 9.59. The summed E-state index contributed by atoms with van der Waals surface area (Å²) < 4.78 is 0. The molecule has 0 bridgehead atoms. The minimum atomic E-state index is -0.106. The van der Waals surface area contributed by atoms with E-state index >= 15 is 0 Å². The van der Waals surface area contributed by atoms with Crippen LogP contribution in [0.25, 0.3) is 0 Å². The van der Waals surface area contributed by atoms with Gasteiger partial charge in [-0.05, 0) is 38.5 Å². The van der Waals surface area contributed by atoms with Crippen molar-refractivity contribution in [2.75, 3.05) is 13.2 Å². The normalized spacial score (nSPS) is 13.1. The highest BCUT2D eigenvalue weighted by Gasteiger charge is 2.03. The summed E-state index contributed by atoms with van der Waals surface area (Å²) in [4.78, 5) is 0. The number of hydrogen-bond donors (Lipinski definition) is 4. The molecule has 0 heterocycles. The first-order valence-corrected chi connectivity index (χ1v) is 12.2. The van der Waals surface area contributed by atoms with E-state index in [9.17, 15) is 10.2 Å². The topological polar surface area (TPSA) is 80.9 Å². The van der Waals surface area contributed by atoms with Crippen molar-refractivity contribution in [2.24, 2.45) is 0 Å². The van der Waals surface area contributed by atoms with Crippen LogP contribution in [0.5, 0.6) is 0 Å². The minimum absolute atomic E-state index is 0.106. The SMILES string of the molecule is CCCCCCC(O)CCCCCO.CCCCCCC(O)CCCCCO. The fourth-order valence-electron chi connectivity index (χ4n) is 3.24. The molecule has 2 atom stereocenters. The highest BCUT2D eigenvalue weighted by atomic mass is 16.3. The highest BCUT2D eigenvalue weighted by molar-refractivity contribution is 4.57. The van der Waals surface area contributed by atoms with Gasteiger partial charge >= 0.3 is 0 Å². The molecule has 0 rings (SSSR count). The van der Waals surface area contributed by atoms with E-state index in [4.69, 9.17) is 10.2 Å². The molecule has 0 radical (unpaired) electrons.